The van der Waals surface area contributed by atoms with Gasteiger partial charge in [-0.1, -0.05) is 23.2 Å². The summed E-state index contributed by atoms with van der Waals surface area (Å²) >= 11 is 12.1. The van der Waals surface area contributed by atoms with Gasteiger partial charge in [0.25, 0.3) is 0 Å². The number of ketones is 1. The van der Waals surface area contributed by atoms with Crippen molar-refractivity contribution in [2.24, 2.45) is 0 Å². The molecule has 0 saturated heterocycles. The van der Waals surface area contributed by atoms with Gasteiger partial charge in [-0.25, -0.2) is 9.59 Å². The molecule has 0 aliphatic heterocycles. The van der Waals surface area contributed by atoms with Crippen LogP contribution in [0.2, 0.25) is 10.0 Å². The van der Waals surface area contributed by atoms with Crippen LogP contribution in [0.15, 0.2) is 23.9 Å². The van der Waals surface area contributed by atoms with Crippen LogP contribution in [0.5, 0.6) is 0 Å². The summed E-state index contributed by atoms with van der Waals surface area (Å²) in [5.41, 5.74) is 0.264. The van der Waals surface area contributed by atoms with Crippen LogP contribution in [0.25, 0.3) is 0 Å². The molecule has 0 aliphatic rings. The number of nitrogens with one attached hydrogen (secondary N) is 1. The number of esters is 2. The maximum atomic E-state index is 11.7. The molecule has 8 heteroatoms. The molecule has 22 heavy (non-hydrogen) atoms. The van der Waals surface area contributed by atoms with Gasteiger partial charge < -0.3 is 14.8 Å². The van der Waals surface area contributed by atoms with Gasteiger partial charge in [-0.3, -0.25) is 4.79 Å². The Kier molecular flexibility index (Phi) is 6.39. The van der Waals surface area contributed by atoms with Gasteiger partial charge in [0, 0.05) is 5.56 Å². The molecule has 0 aromatic heterocycles. The predicted octanol–water partition coefficient (Wildman–Crippen LogP) is 2.84. The summed E-state index contributed by atoms with van der Waals surface area (Å²) in [5.74, 6) is -1.79. The van der Waals surface area contributed by atoms with Crippen LogP contribution in [-0.4, -0.2) is 31.9 Å². The van der Waals surface area contributed by atoms with Crippen LogP contribution >= 0.6 is 23.2 Å². The second kappa shape index (κ2) is 7.82. The van der Waals surface area contributed by atoms with Crippen molar-refractivity contribution >= 4 is 46.6 Å². The zero-order valence-electron chi connectivity index (χ0n) is 12.0. The highest BCUT2D eigenvalue weighted by Crippen LogP contribution is 2.33. The molecule has 0 saturated carbocycles. The van der Waals surface area contributed by atoms with Crippen molar-refractivity contribution in [2.75, 3.05) is 19.5 Å². The standard InChI is InChI=1S/C14H13Cl2NO5/c1-7(18)8-4-9(15)13(10(16)5-8)17-11(14(20)22-3)6-12(19)21-2/h4-6,17H,1-3H3/b11-6+. The molecular formula is C14H13Cl2NO5. The number of Topliss-reactive ketones (excluding diaryl/α,β-unsaturated/α-hetero) is 1. The van der Waals surface area contributed by atoms with E-state index in [0.29, 0.717) is 5.56 Å². The highest BCUT2D eigenvalue weighted by atomic mass is 35.5. The largest absolute Gasteiger partial charge is 0.466 e. The Morgan fingerprint density at radius 3 is 2.05 bits per heavy atom. The van der Waals surface area contributed by atoms with Crippen LogP contribution in [-0.2, 0) is 19.1 Å². The van der Waals surface area contributed by atoms with Crippen molar-refractivity contribution in [3.05, 3.63) is 39.5 Å². The zero-order valence-corrected chi connectivity index (χ0v) is 13.5. The molecule has 0 aliphatic carbocycles. The molecule has 6 nitrogen and oxygen atoms in total. The first-order valence-corrected chi connectivity index (χ1v) is 6.70. The number of methoxy groups -OCH3 is 2. The quantitative estimate of drug-likeness (QED) is 0.502. The van der Waals surface area contributed by atoms with Gasteiger partial charge in [-0.05, 0) is 19.1 Å². The number of benzene rings is 1. The number of hydrogen-bond donors (Lipinski definition) is 1. The lowest BCUT2D eigenvalue weighted by Crippen LogP contribution is -2.16. The Morgan fingerprint density at radius 1 is 1.09 bits per heavy atom. The number of carbonyl (C=O) groups excluding carboxylic acids is 3. The minimum absolute atomic E-state index is 0.109. The molecule has 0 radical (unpaired) electrons. The summed E-state index contributed by atoms with van der Waals surface area (Å²) < 4.78 is 9.00. The fraction of sp³-hybridized carbons (Fsp3) is 0.214. The zero-order chi connectivity index (χ0) is 16.9. The van der Waals surface area contributed by atoms with E-state index < -0.39 is 11.9 Å². The van der Waals surface area contributed by atoms with Crippen molar-refractivity contribution < 1.29 is 23.9 Å². The predicted molar refractivity (Wildman–Crippen MR) is 82.2 cm³/mol. The Hall–Kier alpha value is -2.05. The second-order valence-electron chi connectivity index (χ2n) is 4.07. The molecule has 0 fully saturated rings. The first kappa shape index (κ1) is 18.0. The summed E-state index contributed by atoms with van der Waals surface area (Å²) in [5, 5.41) is 2.83. The van der Waals surface area contributed by atoms with E-state index in [1.165, 1.54) is 19.1 Å². The summed E-state index contributed by atoms with van der Waals surface area (Å²) in [6.45, 7) is 1.37. The van der Waals surface area contributed by atoms with Gasteiger partial charge >= 0.3 is 11.9 Å². The fourth-order valence-corrected chi connectivity index (χ4v) is 2.04. The number of ether oxygens (including phenoxy) is 2. The van der Waals surface area contributed by atoms with Crippen molar-refractivity contribution in [1.29, 1.82) is 0 Å². The highest BCUT2D eigenvalue weighted by molar-refractivity contribution is 6.39. The van der Waals surface area contributed by atoms with Gasteiger partial charge in [0.15, 0.2) is 5.78 Å². The lowest BCUT2D eigenvalue weighted by atomic mass is 10.1. The maximum absolute atomic E-state index is 11.7. The van der Waals surface area contributed by atoms with Gasteiger partial charge in [0.2, 0.25) is 0 Å². The van der Waals surface area contributed by atoms with E-state index in [4.69, 9.17) is 23.2 Å². The smallest absolute Gasteiger partial charge is 0.354 e. The molecule has 1 aromatic carbocycles. The van der Waals surface area contributed by atoms with Crippen LogP contribution in [0.4, 0.5) is 5.69 Å². The first-order chi connectivity index (χ1) is 10.3. The van der Waals surface area contributed by atoms with E-state index in [9.17, 15) is 14.4 Å². The average Bonchev–Trinajstić information content (AvgIpc) is 2.48. The monoisotopic (exact) mass is 345 g/mol. The molecule has 1 rings (SSSR count). The molecule has 0 heterocycles. The Balaban J connectivity index is 3.24. The molecule has 0 bridgehead atoms. The normalized spacial score (nSPS) is 10.9. The van der Waals surface area contributed by atoms with Gasteiger partial charge in [-0.15, -0.1) is 0 Å². The third kappa shape index (κ3) is 4.47. The molecule has 0 amide bonds. The maximum Gasteiger partial charge on any atom is 0.354 e. The second-order valence-corrected chi connectivity index (χ2v) is 4.88. The fourth-order valence-electron chi connectivity index (χ4n) is 1.46. The van der Waals surface area contributed by atoms with E-state index in [1.807, 2.05) is 0 Å². The van der Waals surface area contributed by atoms with E-state index in [0.717, 1.165) is 20.3 Å². The van der Waals surface area contributed by atoms with Gasteiger partial charge in [-0.2, -0.15) is 0 Å². The molecule has 1 N–H and O–H groups in total. The molecule has 1 aromatic rings. The van der Waals surface area contributed by atoms with Crippen molar-refractivity contribution in [1.82, 2.24) is 0 Å². The third-order valence-corrected chi connectivity index (χ3v) is 3.17. The van der Waals surface area contributed by atoms with Crippen molar-refractivity contribution in [3.8, 4) is 0 Å². The summed E-state index contributed by atoms with van der Waals surface area (Å²) in [7, 11) is 2.31. The average molecular weight is 346 g/mol. The molecular weight excluding hydrogens is 333 g/mol. The van der Waals surface area contributed by atoms with Crippen LogP contribution in [0.3, 0.4) is 0 Å². The third-order valence-electron chi connectivity index (χ3n) is 2.58. The number of halogens is 2. The lowest BCUT2D eigenvalue weighted by molar-refractivity contribution is -0.138. The molecule has 0 atom stereocenters. The molecule has 0 unspecified atom stereocenters. The van der Waals surface area contributed by atoms with Crippen molar-refractivity contribution in [3.63, 3.8) is 0 Å². The number of carbonyl (C=O) groups is 3. The highest BCUT2D eigenvalue weighted by Gasteiger charge is 2.17. The first-order valence-electron chi connectivity index (χ1n) is 5.95. The molecule has 118 valence electrons. The minimum atomic E-state index is -0.812. The lowest BCUT2D eigenvalue weighted by Gasteiger charge is -2.13. The number of rotatable bonds is 5. The topological polar surface area (TPSA) is 81.7 Å². The van der Waals surface area contributed by atoms with Gasteiger partial charge in [0.05, 0.1) is 36.0 Å². The molecule has 0 spiro atoms. The Labute approximate surface area is 137 Å². The Bertz CT molecular complexity index is 632. The van der Waals surface area contributed by atoms with E-state index in [2.05, 4.69) is 14.8 Å². The van der Waals surface area contributed by atoms with Crippen LogP contribution < -0.4 is 5.32 Å². The minimum Gasteiger partial charge on any atom is -0.466 e. The van der Waals surface area contributed by atoms with E-state index in [-0.39, 0.29) is 27.2 Å². The van der Waals surface area contributed by atoms with Crippen LogP contribution in [0, 0.1) is 0 Å². The van der Waals surface area contributed by atoms with Crippen LogP contribution in [0.1, 0.15) is 17.3 Å². The number of anilines is 1. The summed E-state index contributed by atoms with van der Waals surface area (Å²) in [6.07, 6.45) is 0.900. The van der Waals surface area contributed by atoms with E-state index in [1.54, 1.807) is 0 Å². The van der Waals surface area contributed by atoms with Crippen molar-refractivity contribution in [2.45, 2.75) is 6.92 Å². The summed E-state index contributed by atoms with van der Waals surface area (Å²) in [4.78, 5) is 34.3. The number of hydrogen-bond acceptors (Lipinski definition) is 6. The Morgan fingerprint density at radius 2 is 1.64 bits per heavy atom. The SMILES string of the molecule is COC(=O)/C=C(/Nc1c(Cl)cc(C(C)=O)cc1Cl)C(=O)OC. The van der Waals surface area contributed by atoms with Gasteiger partial charge in [0.1, 0.15) is 5.70 Å². The van der Waals surface area contributed by atoms with E-state index >= 15 is 0 Å². The summed E-state index contributed by atoms with van der Waals surface area (Å²) in [6, 6.07) is 2.79.